The molecule has 1 amide bonds. The summed E-state index contributed by atoms with van der Waals surface area (Å²) in [6.07, 6.45) is 1.42. The molecule has 2 aromatic rings. The molecule has 3 rings (SSSR count). The van der Waals surface area contributed by atoms with Crippen molar-refractivity contribution in [3.8, 4) is 17.0 Å². The number of piperazine rings is 1. The molecule has 1 fully saturated rings. The Labute approximate surface area is 159 Å². The number of carbonyl (C=O) groups is 1. The van der Waals surface area contributed by atoms with Gasteiger partial charge in [0.05, 0.1) is 25.5 Å². The lowest BCUT2D eigenvalue weighted by Gasteiger charge is -2.33. The molecule has 1 aromatic heterocycles. The van der Waals surface area contributed by atoms with E-state index in [0.29, 0.717) is 26.2 Å². The van der Waals surface area contributed by atoms with E-state index in [2.05, 4.69) is 10.2 Å². The molecule has 0 unspecified atom stereocenters. The zero-order valence-corrected chi connectivity index (χ0v) is 16.5. The maximum atomic E-state index is 12.8. The normalized spacial score (nSPS) is 15.7. The summed E-state index contributed by atoms with van der Waals surface area (Å²) < 4.78 is 29.8. The smallest absolute Gasteiger partial charge is 0.227 e. The van der Waals surface area contributed by atoms with Crippen molar-refractivity contribution >= 4 is 15.9 Å². The number of aromatic amines is 1. The van der Waals surface area contributed by atoms with Gasteiger partial charge in [-0.3, -0.25) is 9.89 Å². The van der Waals surface area contributed by atoms with Crippen molar-refractivity contribution in [3.05, 3.63) is 35.5 Å². The summed E-state index contributed by atoms with van der Waals surface area (Å²) in [7, 11) is -1.60. The summed E-state index contributed by atoms with van der Waals surface area (Å²) >= 11 is 0. The molecule has 1 aromatic carbocycles. The van der Waals surface area contributed by atoms with E-state index in [0.717, 1.165) is 28.3 Å². The van der Waals surface area contributed by atoms with Crippen LogP contribution in [0.4, 0.5) is 0 Å². The van der Waals surface area contributed by atoms with Crippen LogP contribution in [0.5, 0.6) is 5.75 Å². The van der Waals surface area contributed by atoms with E-state index >= 15 is 0 Å². The first-order chi connectivity index (χ1) is 12.8. The lowest BCUT2D eigenvalue weighted by Crippen LogP contribution is -2.50. The van der Waals surface area contributed by atoms with E-state index in [1.165, 1.54) is 10.6 Å². The third kappa shape index (κ3) is 4.30. The molecule has 27 heavy (non-hydrogen) atoms. The summed E-state index contributed by atoms with van der Waals surface area (Å²) in [4.78, 5) is 14.5. The van der Waals surface area contributed by atoms with Crippen LogP contribution in [0.3, 0.4) is 0 Å². The van der Waals surface area contributed by atoms with E-state index in [9.17, 15) is 13.2 Å². The highest BCUT2D eigenvalue weighted by Crippen LogP contribution is 2.26. The number of methoxy groups -OCH3 is 1. The number of aryl methyl sites for hydroxylation is 1. The quantitative estimate of drug-likeness (QED) is 0.820. The number of nitrogens with one attached hydrogen (secondary N) is 1. The van der Waals surface area contributed by atoms with Crippen LogP contribution in [-0.2, 0) is 21.2 Å². The van der Waals surface area contributed by atoms with Crippen LogP contribution in [0.1, 0.15) is 11.3 Å². The number of carbonyl (C=O) groups excluding carboxylic acids is 1. The van der Waals surface area contributed by atoms with Crippen molar-refractivity contribution in [2.75, 3.05) is 39.5 Å². The lowest BCUT2D eigenvalue weighted by molar-refractivity contribution is -0.131. The monoisotopic (exact) mass is 392 g/mol. The lowest BCUT2D eigenvalue weighted by atomic mass is 10.0. The van der Waals surface area contributed by atoms with Gasteiger partial charge < -0.3 is 9.64 Å². The number of aromatic nitrogens is 2. The molecule has 1 aliphatic heterocycles. The van der Waals surface area contributed by atoms with E-state index in [1.807, 2.05) is 31.2 Å². The Balaban J connectivity index is 1.72. The van der Waals surface area contributed by atoms with E-state index in [1.54, 1.807) is 12.0 Å². The SMILES string of the molecule is COc1ccc(-c2n[nH]c(C)c2CC(=O)N2CCN(S(C)(=O)=O)CC2)cc1. The average molecular weight is 392 g/mol. The Bertz CT molecular complexity index is 913. The highest BCUT2D eigenvalue weighted by molar-refractivity contribution is 7.88. The first-order valence-electron chi connectivity index (χ1n) is 8.70. The Hall–Kier alpha value is -2.39. The molecule has 8 nitrogen and oxygen atoms in total. The fourth-order valence-electron chi connectivity index (χ4n) is 3.19. The Morgan fingerprint density at radius 1 is 1.19 bits per heavy atom. The summed E-state index contributed by atoms with van der Waals surface area (Å²) in [6, 6.07) is 7.53. The second-order valence-corrected chi connectivity index (χ2v) is 8.61. The van der Waals surface area contributed by atoms with Gasteiger partial charge in [-0.05, 0) is 31.2 Å². The minimum absolute atomic E-state index is 0.0255. The van der Waals surface area contributed by atoms with Crippen LogP contribution >= 0.6 is 0 Å². The van der Waals surface area contributed by atoms with Gasteiger partial charge in [0, 0.05) is 43.0 Å². The predicted molar refractivity (Wildman–Crippen MR) is 102 cm³/mol. The van der Waals surface area contributed by atoms with Gasteiger partial charge >= 0.3 is 0 Å². The summed E-state index contributed by atoms with van der Waals surface area (Å²) in [5.74, 6) is 0.731. The maximum absolute atomic E-state index is 12.8. The number of nitrogens with zero attached hydrogens (tertiary/aromatic N) is 3. The van der Waals surface area contributed by atoms with Crippen molar-refractivity contribution < 1.29 is 17.9 Å². The van der Waals surface area contributed by atoms with Crippen LogP contribution in [0.15, 0.2) is 24.3 Å². The van der Waals surface area contributed by atoms with Gasteiger partial charge in [-0.15, -0.1) is 0 Å². The molecule has 146 valence electrons. The Morgan fingerprint density at radius 2 is 1.81 bits per heavy atom. The number of amides is 1. The van der Waals surface area contributed by atoms with Crippen molar-refractivity contribution in [1.29, 1.82) is 0 Å². The third-order valence-electron chi connectivity index (χ3n) is 4.83. The molecule has 1 saturated heterocycles. The number of hydrogen-bond donors (Lipinski definition) is 1. The fraction of sp³-hybridized carbons (Fsp3) is 0.444. The number of sulfonamides is 1. The van der Waals surface area contributed by atoms with Crippen LogP contribution in [0, 0.1) is 6.92 Å². The number of H-pyrrole nitrogens is 1. The molecule has 0 spiro atoms. The average Bonchev–Trinajstić information content (AvgIpc) is 3.01. The van der Waals surface area contributed by atoms with Gasteiger partial charge in [0.15, 0.2) is 0 Å². The number of rotatable bonds is 5. The van der Waals surface area contributed by atoms with E-state index in [-0.39, 0.29) is 12.3 Å². The molecule has 0 saturated carbocycles. The van der Waals surface area contributed by atoms with Crippen molar-refractivity contribution in [1.82, 2.24) is 19.4 Å². The molecular formula is C18H24N4O4S. The minimum atomic E-state index is -3.21. The second-order valence-electron chi connectivity index (χ2n) is 6.62. The molecular weight excluding hydrogens is 368 g/mol. The first-order valence-corrected chi connectivity index (χ1v) is 10.6. The second kappa shape index (κ2) is 7.69. The van der Waals surface area contributed by atoms with Crippen LogP contribution in [0.2, 0.25) is 0 Å². The fourth-order valence-corrected chi connectivity index (χ4v) is 4.02. The molecule has 0 aliphatic carbocycles. The van der Waals surface area contributed by atoms with Gasteiger partial charge in [0.1, 0.15) is 5.75 Å². The van der Waals surface area contributed by atoms with E-state index in [4.69, 9.17) is 4.74 Å². The number of ether oxygens (including phenoxy) is 1. The van der Waals surface area contributed by atoms with Crippen molar-refractivity contribution in [3.63, 3.8) is 0 Å². The van der Waals surface area contributed by atoms with Crippen LogP contribution in [-0.4, -0.2) is 73.3 Å². The molecule has 9 heteroatoms. The van der Waals surface area contributed by atoms with Crippen molar-refractivity contribution in [2.24, 2.45) is 0 Å². The number of benzene rings is 1. The Kier molecular flexibility index (Phi) is 5.52. The predicted octanol–water partition coefficient (Wildman–Crippen LogP) is 1.04. The standard InChI is InChI=1S/C18H24N4O4S/c1-13-16(18(20-19-13)14-4-6-15(26-2)7-5-14)12-17(23)21-8-10-22(11-9-21)27(3,24)25/h4-7H,8-12H2,1-3H3,(H,19,20). The van der Waals surface area contributed by atoms with Gasteiger partial charge in [-0.2, -0.15) is 9.40 Å². The van der Waals surface area contributed by atoms with Gasteiger partial charge in [0.2, 0.25) is 15.9 Å². The largest absolute Gasteiger partial charge is 0.497 e. The summed E-state index contributed by atoms with van der Waals surface area (Å²) in [5, 5.41) is 7.32. The first kappa shape index (κ1) is 19.4. The highest BCUT2D eigenvalue weighted by atomic mass is 32.2. The van der Waals surface area contributed by atoms with Gasteiger partial charge in [0.25, 0.3) is 0 Å². The van der Waals surface area contributed by atoms with Crippen LogP contribution in [0.25, 0.3) is 11.3 Å². The highest BCUT2D eigenvalue weighted by Gasteiger charge is 2.27. The summed E-state index contributed by atoms with van der Waals surface area (Å²) in [5.41, 5.74) is 3.36. The van der Waals surface area contributed by atoms with Crippen molar-refractivity contribution in [2.45, 2.75) is 13.3 Å². The van der Waals surface area contributed by atoms with Gasteiger partial charge in [-0.1, -0.05) is 0 Å². The summed E-state index contributed by atoms with van der Waals surface area (Å²) in [6.45, 7) is 3.37. The molecule has 0 radical (unpaired) electrons. The minimum Gasteiger partial charge on any atom is -0.497 e. The molecule has 2 heterocycles. The topological polar surface area (TPSA) is 95.6 Å². The Morgan fingerprint density at radius 3 is 2.37 bits per heavy atom. The maximum Gasteiger partial charge on any atom is 0.227 e. The molecule has 1 N–H and O–H groups in total. The molecule has 0 bridgehead atoms. The molecule has 1 aliphatic rings. The third-order valence-corrected chi connectivity index (χ3v) is 6.13. The molecule has 0 atom stereocenters. The van der Waals surface area contributed by atoms with Gasteiger partial charge in [-0.25, -0.2) is 8.42 Å². The van der Waals surface area contributed by atoms with Crippen LogP contribution < -0.4 is 4.74 Å². The number of hydrogen-bond acceptors (Lipinski definition) is 5. The van der Waals surface area contributed by atoms with E-state index < -0.39 is 10.0 Å². The zero-order valence-electron chi connectivity index (χ0n) is 15.7. The zero-order chi connectivity index (χ0) is 19.6.